The van der Waals surface area contributed by atoms with Crippen LogP contribution in [0, 0.1) is 5.92 Å². The smallest absolute Gasteiger partial charge is 0.194 e. The van der Waals surface area contributed by atoms with E-state index in [0.717, 1.165) is 62.8 Å². The van der Waals surface area contributed by atoms with Gasteiger partial charge in [-0.05, 0) is 44.9 Å². The molecule has 1 fully saturated rings. The second-order valence-electron chi connectivity index (χ2n) is 7.43. The second-order valence-corrected chi connectivity index (χ2v) is 7.43. The normalized spacial score (nSPS) is 19.1. The molecular weight excluding hydrogens is 328 g/mol. The van der Waals surface area contributed by atoms with Crippen LogP contribution in [0.2, 0.25) is 0 Å². The number of hydrogen-bond donors (Lipinski definition) is 1. The Labute approximate surface area is 157 Å². The molecule has 0 spiro atoms. The van der Waals surface area contributed by atoms with Crippen molar-refractivity contribution in [3.05, 3.63) is 11.6 Å². The zero-order valence-corrected chi connectivity index (χ0v) is 16.4. The Balaban J connectivity index is 1.58. The molecule has 2 aliphatic heterocycles. The lowest BCUT2D eigenvalue weighted by Gasteiger charge is -2.26. The first-order chi connectivity index (χ1) is 12.8. The lowest BCUT2D eigenvalue weighted by Crippen LogP contribution is -2.40. The molecule has 0 aliphatic carbocycles. The van der Waals surface area contributed by atoms with E-state index in [2.05, 4.69) is 39.0 Å². The molecule has 3 rings (SSSR count). The Morgan fingerprint density at radius 3 is 2.92 bits per heavy atom. The zero-order valence-electron chi connectivity index (χ0n) is 16.4. The summed E-state index contributed by atoms with van der Waals surface area (Å²) in [4.78, 5) is 7.09. The fourth-order valence-corrected chi connectivity index (χ4v) is 3.79. The number of hydrogen-bond acceptors (Lipinski definition) is 4. The molecular formula is C19H34N6O. The molecule has 0 amide bonds. The highest BCUT2D eigenvalue weighted by molar-refractivity contribution is 5.79. The van der Waals surface area contributed by atoms with Crippen LogP contribution in [0.1, 0.15) is 57.1 Å². The Bertz CT molecular complexity index is 579. The molecule has 0 unspecified atom stereocenters. The lowest BCUT2D eigenvalue weighted by molar-refractivity contribution is 0.0625. The second kappa shape index (κ2) is 9.90. The van der Waals surface area contributed by atoms with Crippen LogP contribution in [0.4, 0.5) is 0 Å². The number of nitrogens with zero attached hydrogens (tertiary/aromatic N) is 5. The standard InChI is InChI=1S/C19H34N6O/c1-3-20-19(24(2)12-8-16-9-13-26-14-10-16)21-15-18-23-22-17-7-5-4-6-11-25(17)18/h16H,3-15H2,1-2H3,(H,20,21). The largest absolute Gasteiger partial charge is 0.381 e. The minimum absolute atomic E-state index is 0.594. The van der Waals surface area contributed by atoms with Crippen LogP contribution in [0.15, 0.2) is 4.99 Å². The highest BCUT2D eigenvalue weighted by atomic mass is 16.5. The van der Waals surface area contributed by atoms with E-state index in [-0.39, 0.29) is 0 Å². The van der Waals surface area contributed by atoms with Crippen molar-refractivity contribution < 1.29 is 4.74 Å². The molecule has 26 heavy (non-hydrogen) atoms. The third-order valence-electron chi connectivity index (χ3n) is 5.47. The zero-order chi connectivity index (χ0) is 18.2. The number of aryl methyl sites for hydroxylation is 1. The van der Waals surface area contributed by atoms with Gasteiger partial charge in [-0.1, -0.05) is 6.42 Å². The van der Waals surface area contributed by atoms with Crippen molar-refractivity contribution in [1.29, 1.82) is 0 Å². The van der Waals surface area contributed by atoms with Gasteiger partial charge in [0.1, 0.15) is 12.4 Å². The van der Waals surface area contributed by atoms with E-state index in [1.165, 1.54) is 38.5 Å². The number of fused-ring (bicyclic) bond motifs is 1. The first-order valence-electron chi connectivity index (χ1n) is 10.3. The summed E-state index contributed by atoms with van der Waals surface area (Å²) >= 11 is 0. The van der Waals surface area contributed by atoms with E-state index >= 15 is 0 Å². The molecule has 1 aromatic rings. The van der Waals surface area contributed by atoms with Gasteiger partial charge in [0, 0.05) is 46.3 Å². The summed E-state index contributed by atoms with van der Waals surface area (Å²) in [5.41, 5.74) is 0. The monoisotopic (exact) mass is 362 g/mol. The fourth-order valence-electron chi connectivity index (χ4n) is 3.79. The number of nitrogens with one attached hydrogen (secondary N) is 1. The highest BCUT2D eigenvalue weighted by Gasteiger charge is 2.17. The Hall–Kier alpha value is -1.63. The number of rotatable bonds is 6. The predicted octanol–water partition coefficient (Wildman–Crippen LogP) is 2.22. The Morgan fingerprint density at radius 1 is 1.27 bits per heavy atom. The maximum atomic E-state index is 5.46. The average Bonchev–Trinajstić information content (AvgIpc) is 2.90. The van der Waals surface area contributed by atoms with Gasteiger partial charge in [0.15, 0.2) is 11.8 Å². The highest BCUT2D eigenvalue weighted by Crippen LogP contribution is 2.18. The topological polar surface area (TPSA) is 67.6 Å². The van der Waals surface area contributed by atoms with Gasteiger partial charge in [-0.3, -0.25) is 0 Å². The summed E-state index contributed by atoms with van der Waals surface area (Å²) in [6.07, 6.45) is 8.34. The van der Waals surface area contributed by atoms with Crippen molar-refractivity contribution in [2.45, 2.75) is 65.0 Å². The van der Waals surface area contributed by atoms with Crippen molar-refractivity contribution in [3.8, 4) is 0 Å². The van der Waals surface area contributed by atoms with Crippen LogP contribution in [-0.2, 0) is 24.2 Å². The number of aliphatic imine (C=N–C) groups is 1. The molecule has 1 saturated heterocycles. The van der Waals surface area contributed by atoms with Gasteiger partial charge in [-0.15, -0.1) is 10.2 Å². The maximum Gasteiger partial charge on any atom is 0.194 e. The summed E-state index contributed by atoms with van der Waals surface area (Å²) in [6, 6.07) is 0. The van der Waals surface area contributed by atoms with Crippen molar-refractivity contribution in [1.82, 2.24) is 25.0 Å². The molecule has 0 radical (unpaired) electrons. The van der Waals surface area contributed by atoms with Crippen LogP contribution >= 0.6 is 0 Å². The molecule has 1 aromatic heterocycles. The molecule has 0 atom stereocenters. The summed E-state index contributed by atoms with van der Waals surface area (Å²) in [5.74, 6) is 3.87. The first-order valence-corrected chi connectivity index (χ1v) is 10.3. The molecule has 1 N–H and O–H groups in total. The van der Waals surface area contributed by atoms with E-state index in [1.54, 1.807) is 0 Å². The van der Waals surface area contributed by atoms with Gasteiger partial charge in [-0.2, -0.15) is 0 Å². The van der Waals surface area contributed by atoms with Crippen LogP contribution < -0.4 is 5.32 Å². The van der Waals surface area contributed by atoms with E-state index in [4.69, 9.17) is 9.73 Å². The van der Waals surface area contributed by atoms with Crippen LogP contribution in [-0.4, -0.2) is 59.0 Å². The molecule has 3 heterocycles. The van der Waals surface area contributed by atoms with Gasteiger partial charge >= 0.3 is 0 Å². The third-order valence-corrected chi connectivity index (χ3v) is 5.47. The Morgan fingerprint density at radius 2 is 2.12 bits per heavy atom. The molecule has 7 nitrogen and oxygen atoms in total. The van der Waals surface area contributed by atoms with Crippen LogP contribution in [0.3, 0.4) is 0 Å². The molecule has 0 saturated carbocycles. The van der Waals surface area contributed by atoms with E-state index in [9.17, 15) is 0 Å². The summed E-state index contributed by atoms with van der Waals surface area (Å²) in [6.45, 7) is 7.47. The molecule has 0 aromatic carbocycles. The van der Waals surface area contributed by atoms with E-state index < -0.39 is 0 Å². The van der Waals surface area contributed by atoms with Gasteiger partial charge in [0.25, 0.3) is 0 Å². The molecule has 7 heteroatoms. The summed E-state index contributed by atoms with van der Waals surface area (Å²) < 4.78 is 7.74. The maximum absolute atomic E-state index is 5.46. The Kier molecular flexibility index (Phi) is 7.29. The van der Waals surface area contributed by atoms with Gasteiger partial charge in [0.05, 0.1) is 0 Å². The molecule has 146 valence electrons. The number of guanidine groups is 1. The lowest BCUT2D eigenvalue weighted by atomic mass is 9.96. The summed E-state index contributed by atoms with van der Waals surface area (Å²) in [5, 5.41) is 12.2. The summed E-state index contributed by atoms with van der Waals surface area (Å²) in [7, 11) is 2.13. The van der Waals surface area contributed by atoms with Gasteiger partial charge in [-0.25, -0.2) is 4.99 Å². The SMILES string of the molecule is CCNC(=NCc1nnc2n1CCCCC2)N(C)CCC1CCOCC1. The van der Waals surface area contributed by atoms with Gasteiger partial charge < -0.3 is 19.5 Å². The number of aromatic nitrogens is 3. The first kappa shape index (κ1) is 19.1. The van der Waals surface area contributed by atoms with E-state index in [0.29, 0.717) is 6.54 Å². The minimum atomic E-state index is 0.594. The van der Waals surface area contributed by atoms with Gasteiger partial charge in [0.2, 0.25) is 0 Å². The van der Waals surface area contributed by atoms with Crippen molar-refractivity contribution >= 4 is 5.96 Å². The minimum Gasteiger partial charge on any atom is -0.381 e. The fraction of sp³-hybridized carbons (Fsp3) is 0.842. The van der Waals surface area contributed by atoms with Crippen LogP contribution in [0.5, 0.6) is 0 Å². The molecule has 2 aliphatic rings. The van der Waals surface area contributed by atoms with Crippen molar-refractivity contribution in [2.24, 2.45) is 10.9 Å². The van der Waals surface area contributed by atoms with Crippen LogP contribution in [0.25, 0.3) is 0 Å². The molecule has 0 bridgehead atoms. The van der Waals surface area contributed by atoms with E-state index in [1.807, 2.05) is 0 Å². The predicted molar refractivity (Wildman–Crippen MR) is 103 cm³/mol. The number of ether oxygens (including phenoxy) is 1. The third kappa shape index (κ3) is 5.19. The van der Waals surface area contributed by atoms with Crippen molar-refractivity contribution in [3.63, 3.8) is 0 Å². The quantitative estimate of drug-likeness (QED) is 0.621. The average molecular weight is 363 g/mol. The van der Waals surface area contributed by atoms with Crippen molar-refractivity contribution in [2.75, 3.05) is 33.4 Å².